The molecule has 0 saturated heterocycles. The van der Waals surface area contributed by atoms with E-state index in [4.69, 9.17) is 9.47 Å². The smallest absolute Gasteiger partial charge is 0.271 e. The molecule has 0 bridgehead atoms. The molecule has 0 spiro atoms. The molecule has 0 fully saturated rings. The number of rotatable bonds is 6. The van der Waals surface area contributed by atoms with Gasteiger partial charge in [-0.15, -0.1) is 5.10 Å². The third-order valence-electron chi connectivity index (χ3n) is 4.62. The van der Waals surface area contributed by atoms with Crippen LogP contribution in [-0.4, -0.2) is 35.2 Å². The van der Waals surface area contributed by atoms with Crippen LogP contribution in [0.2, 0.25) is 0 Å². The van der Waals surface area contributed by atoms with Gasteiger partial charge in [0.25, 0.3) is 5.91 Å². The molecule has 7 heteroatoms. The highest BCUT2D eigenvalue weighted by Crippen LogP contribution is 2.32. The second-order valence-corrected chi connectivity index (χ2v) is 6.47. The van der Waals surface area contributed by atoms with E-state index in [1.165, 1.54) is 4.79 Å². The lowest BCUT2D eigenvalue weighted by atomic mass is 10.0. The number of nitrogens with zero attached hydrogens (tertiary/aromatic N) is 3. The molecule has 150 valence electrons. The molecule has 4 rings (SSSR count). The Balaban J connectivity index is 1.79. The molecule has 0 aliphatic rings. The highest BCUT2D eigenvalue weighted by Gasteiger charge is 2.19. The van der Waals surface area contributed by atoms with Crippen molar-refractivity contribution in [2.24, 2.45) is 0 Å². The third-order valence-corrected chi connectivity index (χ3v) is 4.62. The van der Waals surface area contributed by atoms with Crippen LogP contribution >= 0.6 is 0 Å². The summed E-state index contributed by atoms with van der Waals surface area (Å²) in [7, 11) is 3.23. The van der Waals surface area contributed by atoms with Gasteiger partial charge in [0.15, 0.2) is 0 Å². The van der Waals surface area contributed by atoms with Gasteiger partial charge in [-0.3, -0.25) is 4.79 Å². The number of benzene rings is 3. The molecule has 0 aliphatic heterocycles. The van der Waals surface area contributed by atoms with Gasteiger partial charge in [0.1, 0.15) is 22.9 Å². The number of carbonyl (C=O) groups excluding carboxylic acids is 1. The van der Waals surface area contributed by atoms with Crippen LogP contribution in [0.5, 0.6) is 11.5 Å². The number of aromatic nitrogens is 3. The molecule has 0 atom stereocenters. The molecule has 0 radical (unpaired) electrons. The fraction of sp³-hybridized carbons (Fsp3) is 0.0870. The number of carbonyl (C=O) groups is 1. The Hall–Kier alpha value is -4.13. The van der Waals surface area contributed by atoms with Crippen LogP contribution in [0, 0.1) is 0 Å². The normalized spacial score (nSPS) is 10.5. The van der Waals surface area contributed by atoms with E-state index in [1.54, 1.807) is 26.4 Å². The van der Waals surface area contributed by atoms with E-state index in [1.807, 2.05) is 66.7 Å². The number of amides is 1. The molecule has 4 aromatic rings. The van der Waals surface area contributed by atoms with Crippen molar-refractivity contribution in [2.45, 2.75) is 0 Å². The van der Waals surface area contributed by atoms with Crippen molar-refractivity contribution in [1.29, 1.82) is 0 Å². The van der Waals surface area contributed by atoms with Crippen LogP contribution in [0.15, 0.2) is 78.9 Å². The van der Waals surface area contributed by atoms with Gasteiger partial charge >= 0.3 is 0 Å². The number of nitrogens with one attached hydrogen (secondary N) is 1. The van der Waals surface area contributed by atoms with Crippen LogP contribution in [0.4, 0.5) is 0 Å². The number of hydrogen-bond acceptors (Lipinski definition) is 5. The van der Waals surface area contributed by atoms with Gasteiger partial charge in [0.2, 0.25) is 0 Å². The molecule has 3 aromatic carbocycles. The molecule has 7 nitrogen and oxygen atoms in total. The third kappa shape index (κ3) is 3.86. The number of methoxy groups -OCH3 is 2. The summed E-state index contributed by atoms with van der Waals surface area (Å²) in [6, 6.07) is 24.0. The lowest BCUT2D eigenvalue weighted by Crippen LogP contribution is -2.24. The summed E-state index contributed by atoms with van der Waals surface area (Å²) >= 11 is 0. The highest BCUT2D eigenvalue weighted by molar-refractivity contribution is 6.00. The van der Waals surface area contributed by atoms with Gasteiger partial charge in [-0.05, 0) is 53.7 Å². The van der Waals surface area contributed by atoms with Gasteiger partial charge in [0, 0.05) is 16.7 Å². The van der Waals surface area contributed by atoms with Crippen molar-refractivity contribution in [1.82, 2.24) is 15.1 Å². The summed E-state index contributed by atoms with van der Waals surface area (Å²) in [5, 5.41) is 8.53. The van der Waals surface area contributed by atoms with Crippen LogP contribution in [0.1, 0.15) is 10.4 Å². The van der Waals surface area contributed by atoms with Crippen LogP contribution in [0.25, 0.3) is 22.5 Å². The lowest BCUT2D eigenvalue weighted by molar-refractivity contribution is 0.100. The van der Waals surface area contributed by atoms with E-state index < -0.39 is 0 Å². The first-order valence-corrected chi connectivity index (χ1v) is 9.30. The van der Waals surface area contributed by atoms with E-state index in [9.17, 15) is 4.79 Å². The first kappa shape index (κ1) is 19.2. The average molecular weight is 400 g/mol. The minimum atomic E-state index is -0.285. The second-order valence-electron chi connectivity index (χ2n) is 6.47. The van der Waals surface area contributed by atoms with Crippen LogP contribution in [0.3, 0.4) is 0 Å². The Morgan fingerprint density at radius 3 is 2.27 bits per heavy atom. The standard InChI is InChI=1S/C23H20N4O3/c1-29-19-13-11-16(12-14-19)22-21(18-9-6-10-20(15-18)30-2)24-26-27(22)25-23(28)17-7-4-3-5-8-17/h3-15H,1-2H3,(H,25,28). The van der Waals surface area contributed by atoms with Gasteiger partial charge < -0.3 is 9.47 Å². The monoisotopic (exact) mass is 400 g/mol. The molecule has 0 saturated carbocycles. The quantitative estimate of drug-likeness (QED) is 0.529. The Labute approximate surface area is 173 Å². The summed E-state index contributed by atoms with van der Waals surface area (Å²) in [5.74, 6) is 1.15. The van der Waals surface area contributed by atoms with Crippen molar-refractivity contribution in [3.63, 3.8) is 0 Å². The summed E-state index contributed by atoms with van der Waals surface area (Å²) in [6.45, 7) is 0. The van der Waals surface area contributed by atoms with Crippen LogP contribution in [-0.2, 0) is 0 Å². The predicted octanol–water partition coefficient (Wildman–Crippen LogP) is 4.01. The van der Waals surface area contributed by atoms with Gasteiger partial charge in [0.05, 0.1) is 14.2 Å². The predicted molar refractivity (Wildman–Crippen MR) is 114 cm³/mol. The summed E-state index contributed by atoms with van der Waals surface area (Å²) < 4.78 is 10.6. The van der Waals surface area contributed by atoms with E-state index in [0.717, 1.165) is 16.9 Å². The molecule has 0 unspecified atom stereocenters. The van der Waals surface area contributed by atoms with Gasteiger partial charge in [-0.1, -0.05) is 30.3 Å². The SMILES string of the molecule is COc1ccc(-c2c(-c3cccc(OC)c3)nnn2NC(=O)c2ccccc2)cc1. The fourth-order valence-electron chi connectivity index (χ4n) is 3.08. The summed E-state index contributed by atoms with van der Waals surface area (Å²) in [4.78, 5) is 14.1. The van der Waals surface area contributed by atoms with Crippen molar-refractivity contribution < 1.29 is 14.3 Å². The van der Waals surface area contributed by atoms with Gasteiger partial charge in [-0.2, -0.15) is 4.79 Å². The van der Waals surface area contributed by atoms with Crippen molar-refractivity contribution >= 4 is 5.91 Å². The van der Waals surface area contributed by atoms with E-state index in [-0.39, 0.29) is 5.91 Å². The van der Waals surface area contributed by atoms with Crippen molar-refractivity contribution in [3.05, 3.63) is 84.4 Å². The first-order chi connectivity index (χ1) is 14.7. The molecule has 30 heavy (non-hydrogen) atoms. The summed E-state index contributed by atoms with van der Waals surface area (Å²) in [6.07, 6.45) is 0. The maximum atomic E-state index is 12.7. The second kappa shape index (κ2) is 8.48. The minimum Gasteiger partial charge on any atom is -0.497 e. The minimum absolute atomic E-state index is 0.285. The lowest BCUT2D eigenvalue weighted by Gasteiger charge is -2.11. The fourth-order valence-corrected chi connectivity index (χ4v) is 3.08. The van der Waals surface area contributed by atoms with Crippen LogP contribution < -0.4 is 14.9 Å². The van der Waals surface area contributed by atoms with Crippen molar-refractivity contribution in [3.8, 4) is 34.0 Å². The molecule has 0 aliphatic carbocycles. The molecular weight excluding hydrogens is 380 g/mol. The van der Waals surface area contributed by atoms with Crippen molar-refractivity contribution in [2.75, 3.05) is 19.6 Å². The first-order valence-electron chi connectivity index (χ1n) is 9.30. The molecule has 1 aromatic heterocycles. The zero-order valence-electron chi connectivity index (χ0n) is 16.6. The molecular formula is C23H20N4O3. The Morgan fingerprint density at radius 2 is 1.57 bits per heavy atom. The number of hydrogen-bond donors (Lipinski definition) is 1. The maximum absolute atomic E-state index is 12.7. The zero-order chi connectivity index (χ0) is 20.9. The topological polar surface area (TPSA) is 78.3 Å². The van der Waals surface area contributed by atoms with E-state index in [2.05, 4.69) is 15.7 Å². The molecule has 1 N–H and O–H groups in total. The maximum Gasteiger partial charge on any atom is 0.271 e. The highest BCUT2D eigenvalue weighted by atomic mass is 16.5. The number of ether oxygens (including phenoxy) is 2. The molecule has 1 amide bonds. The van der Waals surface area contributed by atoms with E-state index in [0.29, 0.717) is 22.7 Å². The Kier molecular flexibility index (Phi) is 5.43. The Morgan fingerprint density at radius 1 is 0.833 bits per heavy atom. The zero-order valence-corrected chi connectivity index (χ0v) is 16.6. The van der Waals surface area contributed by atoms with E-state index >= 15 is 0 Å². The van der Waals surface area contributed by atoms with Gasteiger partial charge in [-0.25, -0.2) is 5.43 Å². The molecule has 1 heterocycles. The Bertz CT molecular complexity index is 1150. The average Bonchev–Trinajstić information content (AvgIpc) is 3.23. The largest absolute Gasteiger partial charge is 0.497 e. The summed E-state index contributed by atoms with van der Waals surface area (Å²) in [5.41, 5.74) is 6.25.